The lowest BCUT2D eigenvalue weighted by Crippen LogP contribution is -2.27. The number of benzene rings is 3. The number of fused-ring (bicyclic) bond motifs is 4. The van der Waals surface area contributed by atoms with E-state index in [4.69, 9.17) is 4.42 Å². The molecule has 0 fully saturated rings. The topological polar surface area (TPSA) is 62.6 Å². The van der Waals surface area contributed by atoms with Crippen LogP contribution in [0.3, 0.4) is 0 Å². The molecule has 0 unspecified atom stereocenters. The van der Waals surface area contributed by atoms with Crippen LogP contribution in [0.2, 0.25) is 0 Å². The Balaban J connectivity index is 1.30. The van der Waals surface area contributed by atoms with E-state index in [2.05, 4.69) is 11.9 Å². The molecule has 0 aliphatic carbocycles. The van der Waals surface area contributed by atoms with E-state index in [1.807, 2.05) is 60.7 Å². The third kappa shape index (κ3) is 2.88. The van der Waals surface area contributed by atoms with Crippen molar-refractivity contribution in [2.24, 2.45) is 0 Å². The van der Waals surface area contributed by atoms with Gasteiger partial charge in [-0.15, -0.1) is 0 Å². The third-order valence-corrected chi connectivity index (χ3v) is 5.26. The van der Waals surface area contributed by atoms with E-state index in [9.17, 15) is 9.59 Å². The zero-order valence-electron chi connectivity index (χ0n) is 15.6. The van der Waals surface area contributed by atoms with Crippen LogP contribution in [0.25, 0.3) is 27.6 Å². The van der Waals surface area contributed by atoms with Crippen LogP contribution in [0, 0.1) is 0 Å². The average Bonchev–Trinajstić information content (AvgIpc) is 3.22. The maximum Gasteiger partial charge on any atom is 0.258 e. The lowest BCUT2D eigenvalue weighted by atomic mass is 10.1. The van der Waals surface area contributed by atoms with E-state index >= 15 is 0 Å². The Bertz CT molecular complexity index is 1270. The van der Waals surface area contributed by atoms with Crippen LogP contribution in [-0.2, 0) is 4.79 Å². The van der Waals surface area contributed by atoms with Crippen LogP contribution in [-0.4, -0.2) is 23.3 Å². The fourth-order valence-electron chi connectivity index (χ4n) is 3.81. The maximum atomic E-state index is 12.5. The smallest absolute Gasteiger partial charge is 0.258 e. The van der Waals surface area contributed by atoms with E-state index in [0.717, 1.165) is 27.5 Å². The van der Waals surface area contributed by atoms with Crippen molar-refractivity contribution in [3.8, 4) is 0 Å². The highest BCUT2D eigenvalue weighted by atomic mass is 16.3. The van der Waals surface area contributed by atoms with E-state index in [-0.39, 0.29) is 24.8 Å². The summed E-state index contributed by atoms with van der Waals surface area (Å²) in [6.45, 7) is 4.30. The van der Waals surface area contributed by atoms with Gasteiger partial charge in [-0.2, -0.15) is 0 Å². The van der Waals surface area contributed by atoms with E-state index in [1.54, 1.807) is 11.0 Å². The predicted octanol–water partition coefficient (Wildman–Crippen LogP) is 5.04. The number of carbonyl (C=O) groups is 2. The van der Waals surface area contributed by atoms with Crippen molar-refractivity contribution in [3.63, 3.8) is 0 Å². The molecule has 5 heteroatoms. The van der Waals surface area contributed by atoms with Gasteiger partial charge in [0.05, 0.1) is 0 Å². The Kier molecular flexibility index (Phi) is 3.95. The number of furan rings is 1. The van der Waals surface area contributed by atoms with Gasteiger partial charge in [0.25, 0.3) is 5.91 Å². The Hall–Kier alpha value is -3.86. The molecule has 0 spiro atoms. The fourth-order valence-corrected chi connectivity index (χ4v) is 3.81. The number of para-hydroxylation sites is 1. The molecule has 2 amide bonds. The molecule has 3 aromatic carbocycles. The van der Waals surface area contributed by atoms with Gasteiger partial charge in [0.15, 0.2) is 0 Å². The van der Waals surface area contributed by atoms with E-state index in [1.165, 1.54) is 0 Å². The summed E-state index contributed by atoms with van der Waals surface area (Å²) in [7, 11) is 0. The minimum absolute atomic E-state index is 0.107. The molecule has 1 aliphatic rings. The van der Waals surface area contributed by atoms with Gasteiger partial charge in [-0.05, 0) is 30.3 Å². The first-order valence-electron chi connectivity index (χ1n) is 9.43. The first-order valence-corrected chi connectivity index (χ1v) is 9.43. The molecule has 5 rings (SSSR count). The lowest BCUT2D eigenvalue weighted by Gasteiger charge is -2.17. The third-order valence-electron chi connectivity index (χ3n) is 5.26. The highest BCUT2D eigenvalue weighted by Crippen LogP contribution is 2.32. The number of hydrogen-bond donors (Lipinski definition) is 1. The number of nitrogens with one attached hydrogen (secondary N) is 1. The molecule has 142 valence electrons. The quantitative estimate of drug-likeness (QED) is 0.538. The van der Waals surface area contributed by atoms with Crippen LogP contribution in [0.15, 0.2) is 77.7 Å². The predicted molar refractivity (Wildman–Crippen MR) is 113 cm³/mol. The summed E-state index contributed by atoms with van der Waals surface area (Å²) in [4.78, 5) is 26.6. The van der Waals surface area contributed by atoms with Crippen LogP contribution in [0.4, 0.5) is 5.69 Å². The van der Waals surface area contributed by atoms with Crippen LogP contribution >= 0.6 is 0 Å². The van der Waals surface area contributed by atoms with Crippen LogP contribution in [0.5, 0.6) is 0 Å². The standard InChI is InChI=1S/C24H18N2O3/c1-15-17-6-2-3-8-19(17)24(28)26(15)13-12-23(27)25-16-10-11-22-20(14-16)18-7-4-5-9-21(18)29-22/h2-11,14H,1,12-13H2,(H,25,27). The molecule has 0 saturated heterocycles. The molecule has 1 N–H and O–H groups in total. The van der Waals surface area contributed by atoms with Gasteiger partial charge in [0.1, 0.15) is 11.2 Å². The second kappa shape index (κ2) is 6.63. The largest absolute Gasteiger partial charge is 0.456 e. The van der Waals surface area contributed by atoms with Crippen molar-refractivity contribution in [1.82, 2.24) is 4.90 Å². The summed E-state index contributed by atoms with van der Waals surface area (Å²) in [5.41, 5.74) is 4.40. The summed E-state index contributed by atoms with van der Waals surface area (Å²) in [5.74, 6) is -0.265. The van der Waals surface area contributed by atoms with Crippen molar-refractivity contribution >= 4 is 45.1 Å². The number of rotatable bonds is 4. The number of carbonyl (C=O) groups excluding carboxylic acids is 2. The zero-order chi connectivity index (χ0) is 20.0. The minimum atomic E-state index is -0.159. The first-order chi connectivity index (χ1) is 14.1. The first kappa shape index (κ1) is 17.3. The van der Waals surface area contributed by atoms with Gasteiger partial charge >= 0.3 is 0 Å². The van der Waals surface area contributed by atoms with Crippen molar-refractivity contribution in [1.29, 1.82) is 0 Å². The van der Waals surface area contributed by atoms with Gasteiger partial charge < -0.3 is 14.6 Å². The molecular weight excluding hydrogens is 364 g/mol. The number of hydrogen-bond acceptors (Lipinski definition) is 3. The van der Waals surface area contributed by atoms with Gasteiger partial charge in [-0.3, -0.25) is 9.59 Å². The van der Waals surface area contributed by atoms with Gasteiger partial charge in [0.2, 0.25) is 5.91 Å². The molecule has 0 atom stereocenters. The van der Waals surface area contributed by atoms with Crippen molar-refractivity contribution < 1.29 is 14.0 Å². The number of anilines is 1. The summed E-state index contributed by atoms with van der Waals surface area (Å²) in [6.07, 6.45) is 0.183. The van der Waals surface area contributed by atoms with E-state index in [0.29, 0.717) is 16.9 Å². The van der Waals surface area contributed by atoms with Gasteiger partial charge in [0, 0.05) is 46.2 Å². The normalized spacial score (nSPS) is 13.3. The van der Waals surface area contributed by atoms with Gasteiger partial charge in [-0.1, -0.05) is 43.0 Å². The summed E-state index contributed by atoms with van der Waals surface area (Å²) >= 11 is 0. The molecule has 4 aromatic rings. The van der Waals surface area contributed by atoms with Gasteiger partial charge in [-0.25, -0.2) is 0 Å². The second-order valence-electron chi connectivity index (χ2n) is 7.06. The molecule has 0 saturated carbocycles. The minimum Gasteiger partial charge on any atom is -0.456 e. The Labute approximate surface area is 167 Å². The number of amides is 2. The summed E-state index contributed by atoms with van der Waals surface area (Å²) in [6, 6.07) is 20.8. The fraction of sp³-hybridized carbons (Fsp3) is 0.0833. The molecular formula is C24H18N2O3. The number of nitrogens with zero attached hydrogens (tertiary/aromatic N) is 1. The molecule has 5 nitrogen and oxygen atoms in total. The maximum absolute atomic E-state index is 12.5. The highest BCUT2D eigenvalue weighted by Gasteiger charge is 2.30. The monoisotopic (exact) mass is 382 g/mol. The van der Waals surface area contributed by atoms with Crippen LogP contribution < -0.4 is 5.32 Å². The molecule has 0 radical (unpaired) electrons. The van der Waals surface area contributed by atoms with Crippen molar-refractivity contribution in [3.05, 3.63) is 84.4 Å². The Morgan fingerprint density at radius 3 is 2.48 bits per heavy atom. The Morgan fingerprint density at radius 2 is 1.66 bits per heavy atom. The molecule has 1 aliphatic heterocycles. The molecule has 0 bridgehead atoms. The lowest BCUT2D eigenvalue weighted by molar-refractivity contribution is -0.116. The zero-order valence-corrected chi connectivity index (χ0v) is 15.6. The molecule has 2 heterocycles. The second-order valence-corrected chi connectivity index (χ2v) is 7.06. The van der Waals surface area contributed by atoms with Crippen molar-refractivity contribution in [2.45, 2.75) is 6.42 Å². The SMILES string of the molecule is C=C1c2ccccc2C(=O)N1CCC(=O)Nc1ccc2oc3ccccc3c2c1. The molecule has 29 heavy (non-hydrogen) atoms. The van der Waals surface area contributed by atoms with E-state index < -0.39 is 0 Å². The molecule has 1 aromatic heterocycles. The van der Waals surface area contributed by atoms with Crippen LogP contribution in [0.1, 0.15) is 22.3 Å². The average molecular weight is 382 g/mol. The van der Waals surface area contributed by atoms with Crippen molar-refractivity contribution in [2.75, 3.05) is 11.9 Å². The summed E-state index contributed by atoms with van der Waals surface area (Å²) in [5, 5.41) is 4.88. The summed E-state index contributed by atoms with van der Waals surface area (Å²) < 4.78 is 5.82. The highest BCUT2D eigenvalue weighted by molar-refractivity contribution is 6.09. The Morgan fingerprint density at radius 1 is 0.931 bits per heavy atom.